The fourth-order valence-corrected chi connectivity index (χ4v) is 2.44. The molecule has 2 N–H and O–H groups in total. The standard InChI is InChI=1S/C14H22NO5S/c1-3-5-7-19-12-9-11(15)10-13(20-8-6-4-2)14(12)21(16,17)18/h9-10,15H,3-8H2,1-2H3,(H,16,17,18). The van der Waals surface area contributed by atoms with Gasteiger partial charge in [-0.25, -0.2) is 0 Å². The van der Waals surface area contributed by atoms with E-state index in [0.717, 1.165) is 25.7 Å². The van der Waals surface area contributed by atoms with Gasteiger partial charge in [0, 0.05) is 12.1 Å². The SMILES string of the molecule is CCCCOc1cc([NH])cc(OCCCC)c1S(=O)(=O)O. The molecule has 7 heteroatoms. The zero-order valence-corrected chi connectivity index (χ0v) is 13.2. The van der Waals surface area contributed by atoms with Crippen molar-refractivity contribution in [3.63, 3.8) is 0 Å². The zero-order valence-electron chi connectivity index (χ0n) is 12.4. The van der Waals surface area contributed by atoms with Crippen LogP contribution >= 0.6 is 0 Å². The summed E-state index contributed by atoms with van der Waals surface area (Å²) in [6, 6.07) is 2.54. The molecule has 0 aliphatic heterocycles. The van der Waals surface area contributed by atoms with Crippen LogP contribution < -0.4 is 15.2 Å². The fourth-order valence-electron chi connectivity index (χ4n) is 1.70. The fraction of sp³-hybridized carbons (Fsp3) is 0.571. The highest BCUT2D eigenvalue weighted by atomic mass is 32.2. The van der Waals surface area contributed by atoms with Crippen LogP contribution in [0.5, 0.6) is 11.5 Å². The van der Waals surface area contributed by atoms with E-state index in [1.807, 2.05) is 13.8 Å². The summed E-state index contributed by atoms with van der Waals surface area (Å²) in [5.74, 6) is -0.0742. The van der Waals surface area contributed by atoms with Gasteiger partial charge in [0.15, 0.2) is 4.90 Å². The average Bonchev–Trinajstić information content (AvgIpc) is 2.37. The molecule has 0 fully saturated rings. The van der Waals surface area contributed by atoms with Gasteiger partial charge in [-0.1, -0.05) is 26.7 Å². The van der Waals surface area contributed by atoms with Crippen LogP contribution in [0.1, 0.15) is 39.5 Å². The highest BCUT2D eigenvalue weighted by molar-refractivity contribution is 7.86. The molecule has 0 amide bonds. The molecule has 119 valence electrons. The van der Waals surface area contributed by atoms with E-state index in [-0.39, 0.29) is 17.2 Å². The molecule has 0 saturated heterocycles. The summed E-state index contributed by atoms with van der Waals surface area (Å²) in [5.41, 5.74) is 7.77. The van der Waals surface area contributed by atoms with E-state index >= 15 is 0 Å². The van der Waals surface area contributed by atoms with Gasteiger partial charge in [0.05, 0.1) is 18.9 Å². The second-order valence-corrected chi connectivity index (χ2v) is 6.04. The van der Waals surface area contributed by atoms with E-state index in [2.05, 4.69) is 0 Å². The van der Waals surface area contributed by atoms with Gasteiger partial charge in [0.1, 0.15) is 11.5 Å². The first kappa shape index (κ1) is 17.6. The summed E-state index contributed by atoms with van der Waals surface area (Å²) in [5, 5.41) is 0. The smallest absolute Gasteiger partial charge is 0.301 e. The Hall–Kier alpha value is -1.47. The lowest BCUT2D eigenvalue weighted by molar-refractivity contribution is 0.278. The number of rotatable bonds is 9. The van der Waals surface area contributed by atoms with Gasteiger partial charge in [0.2, 0.25) is 0 Å². The molecule has 0 heterocycles. The van der Waals surface area contributed by atoms with Crippen LogP contribution in [0.25, 0.3) is 0 Å². The summed E-state index contributed by atoms with van der Waals surface area (Å²) in [6.07, 6.45) is 3.28. The van der Waals surface area contributed by atoms with E-state index in [1.165, 1.54) is 12.1 Å². The third kappa shape index (κ3) is 5.43. The highest BCUT2D eigenvalue weighted by Gasteiger charge is 2.24. The summed E-state index contributed by atoms with van der Waals surface area (Å²) < 4.78 is 43.4. The summed E-state index contributed by atoms with van der Waals surface area (Å²) in [4.78, 5) is -0.397. The van der Waals surface area contributed by atoms with E-state index in [4.69, 9.17) is 15.2 Å². The Morgan fingerprint density at radius 3 is 1.81 bits per heavy atom. The van der Waals surface area contributed by atoms with Crippen molar-refractivity contribution in [2.24, 2.45) is 0 Å². The molecule has 0 aliphatic carbocycles. The minimum Gasteiger partial charge on any atom is -0.492 e. The van der Waals surface area contributed by atoms with Crippen molar-refractivity contribution >= 4 is 15.8 Å². The predicted molar refractivity (Wildman–Crippen MR) is 79.8 cm³/mol. The second kappa shape index (κ2) is 8.09. The van der Waals surface area contributed by atoms with Crippen molar-refractivity contribution in [2.45, 2.75) is 44.4 Å². The van der Waals surface area contributed by atoms with Gasteiger partial charge < -0.3 is 15.2 Å². The Kier molecular flexibility index (Phi) is 6.77. The highest BCUT2D eigenvalue weighted by Crippen LogP contribution is 2.36. The third-order valence-electron chi connectivity index (χ3n) is 2.79. The largest absolute Gasteiger partial charge is 0.492 e. The second-order valence-electron chi connectivity index (χ2n) is 4.68. The molecule has 0 aliphatic rings. The average molecular weight is 316 g/mol. The van der Waals surface area contributed by atoms with Crippen molar-refractivity contribution in [1.29, 1.82) is 0 Å². The van der Waals surface area contributed by atoms with Crippen molar-refractivity contribution < 1.29 is 22.4 Å². The van der Waals surface area contributed by atoms with Crippen LogP contribution in [-0.2, 0) is 10.1 Å². The number of nitrogens with one attached hydrogen (secondary N) is 1. The first-order chi connectivity index (χ1) is 9.90. The van der Waals surface area contributed by atoms with E-state index < -0.39 is 15.0 Å². The van der Waals surface area contributed by atoms with Gasteiger partial charge >= 0.3 is 10.1 Å². The molecule has 0 spiro atoms. The minimum atomic E-state index is -4.49. The molecular formula is C14H22NO5S. The van der Waals surface area contributed by atoms with Gasteiger partial charge in [-0.15, -0.1) is 0 Å². The van der Waals surface area contributed by atoms with Gasteiger partial charge in [0.25, 0.3) is 0 Å². The number of benzene rings is 1. The van der Waals surface area contributed by atoms with Crippen molar-refractivity contribution in [1.82, 2.24) is 5.73 Å². The van der Waals surface area contributed by atoms with Crippen LogP contribution in [0.2, 0.25) is 0 Å². The number of hydrogen-bond acceptors (Lipinski definition) is 4. The van der Waals surface area contributed by atoms with E-state index in [0.29, 0.717) is 13.2 Å². The molecule has 1 radical (unpaired) electrons. The van der Waals surface area contributed by atoms with Crippen LogP contribution in [-0.4, -0.2) is 26.2 Å². The first-order valence-electron chi connectivity index (χ1n) is 7.02. The molecular weight excluding hydrogens is 294 g/mol. The lowest BCUT2D eigenvalue weighted by Gasteiger charge is -2.15. The monoisotopic (exact) mass is 316 g/mol. The molecule has 1 aromatic carbocycles. The maximum Gasteiger partial charge on any atom is 0.301 e. The Labute approximate surface area is 126 Å². The van der Waals surface area contributed by atoms with Crippen molar-refractivity contribution in [3.8, 4) is 11.5 Å². The Morgan fingerprint density at radius 2 is 1.48 bits per heavy atom. The topological polar surface area (TPSA) is 96.6 Å². The maximum atomic E-state index is 11.6. The maximum absolute atomic E-state index is 11.6. The molecule has 0 saturated carbocycles. The minimum absolute atomic E-state index is 0.0371. The number of ether oxygens (including phenoxy) is 2. The molecule has 0 aromatic heterocycles. The third-order valence-corrected chi connectivity index (χ3v) is 3.71. The summed E-state index contributed by atoms with van der Waals surface area (Å²) in [7, 11) is -4.49. The van der Waals surface area contributed by atoms with Crippen LogP contribution in [0.15, 0.2) is 17.0 Å². The lowest BCUT2D eigenvalue weighted by Crippen LogP contribution is -2.09. The Balaban J connectivity index is 3.15. The number of hydrogen-bond donors (Lipinski definition) is 1. The normalized spacial score (nSPS) is 11.4. The Bertz CT molecular complexity index is 525. The molecule has 0 atom stereocenters. The van der Waals surface area contributed by atoms with Crippen molar-refractivity contribution in [2.75, 3.05) is 13.2 Å². The van der Waals surface area contributed by atoms with E-state index in [1.54, 1.807) is 0 Å². The van der Waals surface area contributed by atoms with Crippen LogP contribution in [0, 0.1) is 0 Å². The summed E-state index contributed by atoms with van der Waals surface area (Å²) >= 11 is 0. The van der Waals surface area contributed by atoms with Crippen molar-refractivity contribution in [3.05, 3.63) is 12.1 Å². The predicted octanol–water partition coefficient (Wildman–Crippen LogP) is 3.21. The van der Waals surface area contributed by atoms with Gasteiger partial charge in [-0.3, -0.25) is 4.55 Å². The van der Waals surface area contributed by atoms with Gasteiger partial charge in [-0.2, -0.15) is 8.42 Å². The molecule has 6 nitrogen and oxygen atoms in total. The summed E-state index contributed by atoms with van der Waals surface area (Å²) in [6.45, 7) is 4.59. The molecule has 1 aromatic rings. The molecule has 1 rings (SSSR count). The Morgan fingerprint density at radius 1 is 1.05 bits per heavy atom. The van der Waals surface area contributed by atoms with Crippen LogP contribution in [0.4, 0.5) is 5.69 Å². The molecule has 0 bridgehead atoms. The zero-order chi connectivity index (χ0) is 15.9. The van der Waals surface area contributed by atoms with E-state index in [9.17, 15) is 13.0 Å². The quantitative estimate of drug-likeness (QED) is 0.557. The molecule has 21 heavy (non-hydrogen) atoms. The first-order valence-corrected chi connectivity index (χ1v) is 8.46. The lowest BCUT2D eigenvalue weighted by atomic mass is 10.2. The van der Waals surface area contributed by atoms with Gasteiger partial charge in [-0.05, 0) is 12.8 Å². The number of unbranched alkanes of at least 4 members (excludes halogenated alkanes) is 2. The molecule has 0 unspecified atom stereocenters. The van der Waals surface area contributed by atoms with Crippen LogP contribution in [0.3, 0.4) is 0 Å².